The van der Waals surface area contributed by atoms with Gasteiger partial charge >= 0.3 is 0 Å². The maximum Gasteiger partial charge on any atom is 0.00858 e. The van der Waals surface area contributed by atoms with E-state index in [1.165, 1.54) is 9.75 Å². The van der Waals surface area contributed by atoms with Crippen LogP contribution in [0.4, 0.5) is 0 Å². The number of aryl methyl sites for hydroxylation is 1. The molecular weight excluding hydrogens is 202 g/mol. The zero-order valence-electron chi connectivity index (χ0n) is 9.75. The molecule has 84 valence electrons. The second kappa shape index (κ2) is 7.66. The van der Waals surface area contributed by atoms with Crippen LogP contribution < -0.4 is 5.32 Å². The Labute approximate surface area is 97.2 Å². The summed E-state index contributed by atoms with van der Waals surface area (Å²) in [7, 11) is 0. The molecule has 0 saturated carbocycles. The van der Waals surface area contributed by atoms with Crippen LogP contribution in [0.3, 0.4) is 0 Å². The molecular formula is C13H21NS. The highest BCUT2D eigenvalue weighted by atomic mass is 32.1. The Kier molecular flexibility index (Phi) is 6.37. The summed E-state index contributed by atoms with van der Waals surface area (Å²) in [6.07, 6.45) is 7.95. The standard InChI is InChI=1S/C13H21NS/c1-3-12-9-10-13(15-12)8-6-5-7-11-14-4-2/h5-6,9-10,14H,3-4,7-8,11H2,1-2H3. The smallest absolute Gasteiger partial charge is 0.00858 e. The molecule has 2 heteroatoms. The Bertz CT molecular complexity index is 288. The monoisotopic (exact) mass is 223 g/mol. The van der Waals surface area contributed by atoms with E-state index in [9.17, 15) is 0 Å². The van der Waals surface area contributed by atoms with Gasteiger partial charge in [0.25, 0.3) is 0 Å². The largest absolute Gasteiger partial charge is 0.317 e. The fourth-order valence-corrected chi connectivity index (χ4v) is 2.33. The molecule has 1 nitrogen and oxygen atoms in total. The minimum atomic E-state index is 1.07. The number of allylic oxidation sites excluding steroid dienone is 1. The predicted octanol–water partition coefficient (Wildman–Crippen LogP) is 3.41. The van der Waals surface area contributed by atoms with Crippen LogP contribution in [-0.4, -0.2) is 13.1 Å². The van der Waals surface area contributed by atoms with Crippen molar-refractivity contribution in [1.29, 1.82) is 0 Å². The normalized spacial score (nSPS) is 11.3. The highest BCUT2D eigenvalue weighted by molar-refractivity contribution is 7.12. The van der Waals surface area contributed by atoms with Gasteiger partial charge in [-0.1, -0.05) is 26.0 Å². The lowest BCUT2D eigenvalue weighted by Gasteiger charge is -1.95. The van der Waals surface area contributed by atoms with Crippen molar-refractivity contribution >= 4 is 11.3 Å². The molecule has 0 saturated heterocycles. The van der Waals surface area contributed by atoms with E-state index in [0.717, 1.165) is 32.4 Å². The highest BCUT2D eigenvalue weighted by Crippen LogP contribution is 2.17. The number of rotatable bonds is 7. The molecule has 0 aromatic carbocycles. The van der Waals surface area contributed by atoms with E-state index in [0.29, 0.717) is 0 Å². The van der Waals surface area contributed by atoms with Gasteiger partial charge < -0.3 is 5.32 Å². The molecule has 0 radical (unpaired) electrons. The summed E-state index contributed by atoms with van der Waals surface area (Å²) in [6, 6.07) is 4.49. The summed E-state index contributed by atoms with van der Waals surface area (Å²) in [5.74, 6) is 0. The van der Waals surface area contributed by atoms with Gasteiger partial charge in [-0.3, -0.25) is 0 Å². The van der Waals surface area contributed by atoms with E-state index in [1.54, 1.807) is 0 Å². The van der Waals surface area contributed by atoms with Crippen molar-refractivity contribution < 1.29 is 0 Å². The van der Waals surface area contributed by atoms with Crippen molar-refractivity contribution in [3.8, 4) is 0 Å². The lowest BCUT2D eigenvalue weighted by Crippen LogP contribution is -2.12. The lowest BCUT2D eigenvalue weighted by molar-refractivity contribution is 0.726. The molecule has 0 unspecified atom stereocenters. The Balaban J connectivity index is 2.18. The van der Waals surface area contributed by atoms with Crippen LogP contribution in [0.15, 0.2) is 24.3 Å². The van der Waals surface area contributed by atoms with Crippen LogP contribution in [0.1, 0.15) is 30.0 Å². The molecule has 0 bridgehead atoms. The lowest BCUT2D eigenvalue weighted by atomic mass is 10.3. The minimum Gasteiger partial charge on any atom is -0.317 e. The highest BCUT2D eigenvalue weighted by Gasteiger charge is 1.95. The third-order valence-corrected chi connectivity index (χ3v) is 3.54. The number of hydrogen-bond donors (Lipinski definition) is 1. The summed E-state index contributed by atoms with van der Waals surface area (Å²) >= 11 is 1.93. The fraction of sp³-hybridized carbons (Fsp3) is 0.538. The summed E-state index contributed by atoms with van der Waals surface area (Å²) in [5, 5.41) is 3.31. The Morgan fingerprint density at radius 2 is 2.00 bits per heavy atom. The summed E-state index contributed by atoms with van der Waals surface area (Å²) in [4.78, 5) is 2.97. The fourth-order valence-electron chi connectivity index (χ4n) is 1.40. The average Bonchev–Trinajstić information content (AvgIpc) is 2.71. The SMILES string of the molecule is CCNCCC=CCc1ccc(CC)s1. The van der Waals surface area contributed by atoms with Crippen molar-refractivity contribution in [2.24, 2.45) is 0 Å². The molecule has 0 aliphatic heterocycles. The number of nitrogens with one attached hydrogen (secondary N) is 1. The van der Waals surface area contributed by atoms with Gasteiger partial charge in [0, 0.05) is 9.75 Å². The van der Waals surface area contributed by atoms with Crippen molar-refractivity contribution in [3.63, 3.8) is 0 Å². The Hall–Kier alpha value is -0.600. The third kappa shape index (κ3) is 5.14. The van der Waals surface area contributed by atoms with Crippen molar-refractivity contribution in [2.45, 2.75) is 33.1 Å². The van der Waals surface area contributed by atoms with Gasteiger partial charge in [0.1, 0.15) is 0 Å². The summed E-state index contributed by atoms with van der Waals surface area (Å²) in [6.45, 7) is 6.51. The van der Waals surface area contributed by atoms with Gasteiger partial charge in [-0.25, -0.2) is 0 Å². The zero-order valence-corrected chi connectivity index (χ0v) is 10.6. The predicted molar refractivity (Wildman–Crippen MR) is 69.7 cm³/mol. The van der Waals surface area contributed by atoms with E-state index < -0.39 is 0 Å². The van der Waals surface area contributed by atoms with Crippen LogP contribution in [0, 0.1) is 0 Å². The molecule has 1 N–H and O–H groups in total. The molecule has 1 aromatic rings. The summed E-state index contributed by atoms with van der Waals surface area (Å²) < 4.78 is 0. The third-order valence-electron chi connectivity index (χ3n) is 2.29. The molecule has 0 fully saturated rings. The van der Waals surface area contributed by atoms with Gasteiger partial charge in [0.2, 0.25) is 0 Å². The minimum absolute atomic E-state index is 1.07. The molecule has 1 heterocycles. The average molecular weight is 223 g/mol. The summed E-state index contributed by atoms with van der Waals surface area (Å²) in [5.41, 5.74) is 0. The van der Waals surface area contributed by atoms with Gasteiger partial charge in [-0.2, -0.15) is 0 Å². The zero-order chi connectivity index (χ0) is 10.9. The molecule has 0 aliphatic carbocycles. The Morgan fingerprint density at radius 3 is 2.67 bits per heavy atom. The first-order chi connectivity index (χ1) is 7.36. The van der Waals surface area contributed by atoms with Crippen LogP contribution in [0.25, 0.3) is 0 Å². The molecule has 0 amide bonds. The maximum absolute atomic E-state index is 3.31. The van der Waals surface area contributed by atoms with E-state index in [4.69, 9.17) is 0 Å². The number of hydrogen-bond acceptors (Lipinski definition) is 2. The molecule has 0 spiro atoms. The first kappa shape index (κ1) is 12.5. The molecule has 0 atom stereocenters. The van der Waals surface area contributed by atoms with E-state index in [2.05, 4.69) is 43.4 Å². The second-order valence-corrected chi connectivity index (χ2v) is 4.79. The van der Waals surface area contributed by atoms with Gasteiger partial charge in [-0.05, 0) is 44.5 Å². The van der Waals surface area contributed by atoms with Gasteiger partial charge in [0.15, 0.2) is 0 Å². The van der Waals surface area contributed by atoms with Crippen molar-refractivity contribution in [1.82, 2.24) is 5.32 Å². The van der Waals surface area contributed by atoms with Crippen molar-refractivity contribution in [2.75, 3.05) is 13.1 Å². The quantitative estimate of drug-likeness (QED) is 0.552. The van der Waals surface area contributed by atoms with E-state index in [-0.39, 0.29) is 0 Å². The van der Waals surface area contributed by atoms with Crippen molar-refractivity contribution in [3.05, 3.63) is 34.0 Å². The van der Waals surface area contributed by atoms with Crippen LogP contribution in [0.2, 0.25) is 0 Å². The van der Waals surface area contributed by atoms with Crippen LogP contribution in [-0.2, 0) is 12.8 Å². The topological polar surface area (TPSA) is 12.0 Å². The maximum atomic E-state index is 3.31. The van der Waals surface area contributed by atoms with E-state index >= 15 is 0 Å². The van der Waals surface area contributed by atoms with Gasteiger partial charge in [-0.15, -0.1) is 11.3 Å². The van der Waals surface area contributed by atoms with Crippen LogP contribution in [0.5, 0.6) is 0 Å². The molecule has 1 rings (SSSR count). The van der Waals surface area contributed by atoms with E-state index in [1.807, 2.05) is 11.3 Å². The molecule has 0 aliphatic rings. The number of thiophene rings is 1. The first-order valence-corrected chi connectivity index (χ1v) is 6.61. The Morgan fingerprint density at radius 1 is 1.20 bits per heavy atom. The second-order valence-electron chi connectivity index (χ2n) is 3.54. The van der Waals surface area contributed by atoms with Gasteiger partial charge in [0.05, 0.1) is 0 Å². The molecule has 1 aromatic heterocycles. The molecule has 15 heavy (non-hydrogen) atoms. The van der Waals surface area contributed by atoms with Crippen LogP contribution >= 0.6 is 11.3 Å². The first-order valence-electron chi connectivity index (χ1n) is 5.80.